The van der Waals surface area contributed by atoms with Crippen molar-refractivity contribution < 1.29 is 4.74 Å². The summed E-state index contributed by atoms with van der Waals surface area (Å²) in [4.78, 5) is 4.03. The smallest absolute Gasteiger partial charge is 0.192 e. The Morgan fingerprint density at radius 1 is 0.917 bits per heavy atom. The number of fused-ring (bicyclic) bond motifs is 1. The third-order valence-corrected chi connectivity index (χ3v) is 3.27. The maximum Gasteiger partial charge on any atom is 0.192 e. The first kappa shape index (κ1) is 19.5. The molecule has 8 heteroatoms. The van der Waals surface area contributed by atoms with Crippen LogP contribution in [0.4, 0.5) is 5.82 Å². The maximum atomic E-state index is 5.44. The number of methoxy groups -OCH3 is 1. The van der Waals surface area contributed by atoms with Gasteiger partial charge in [0.05, 0.1) is 7.11 Å². The molecule has 0 amide bonds. The molecule has 0 atom stereocenters. The predicted molar refractivity (Wildman–Crippen MR) is 101 cm³/mol. The molecule has 0 aliphatic heterocycles. The van der Waals surface area contributed by atoms with Crippen LogP contribution in [0.2, 0.25) is 0 Å². The molecule has 1 heterocycles. The molecule has 4 N–H and O–H groups in total. The van der Waals surface area contributed by atoms with E-state index in [1.54, 1.807) is 7.11 Å². The van der Waals surface area contributed by atoms with Crippen LogP contribution < -0.4 is 16.2 Å². The molecule has 0 saturated carbocycles. The van der Waals surface area contributed by atoms with Gasteiger partial charge in [0.25, 0.3) is 0 Å². The number of ether oxygens (including phenoxy) is 1. The van der Waals surface area contributed by atoms with Crippen molar-refractivity contribution in [1.82, 2.24) is 10.2 Å². The molecule has 0 bridgehead atoms. The first-order chi connectivity index (χ1) is 10.7. The molecular weight excluding hydrogens is 349 g/mol. The Kier molecular flexibility index (Phi) is 6.76. The minimum atomic E-state index is -0.0448. The highest BCUT2D eigenvalue weighted by atomic mass is 35.5. The molecule has 2 aromatic carbocycles. The summed E-state index contributed by atoms with van der Waals surface area (Å²) in [5, 5.41) is 10.2. The lowest BCUT2D eigenvalue weighted by Crippen LogP contribution is -2.22. The van der Waals surface area contributed by atoms with E-state index in [0.29, 0.717) is 5.82 Å². The molecule has 6 nitrogen and oxygen atoms in total. The molecule has 0 unspecified atom stereocenters. The molecule has 3 aromatic rings. The Balaban J connectivity index is 0.00000144. The van der Waals surface area contributed by atoms with Gasteiger partial charge in [-0.2, -0.15) is 4.99 Å². The number of aliphatic imine (C=N–C) groups is 1. The monoisotopic (exact) mass is 365 g/mol. The van der Waals surface area contributed by atoms with E-state index in [0.717, 1.165) is 27.8 Å². The largest absolute Gasteiger partial charge is 0.497 e. The summed E-state index contributed by atoms with van der Waals surface area (Å²) in [5.41, 5.74) is 12.6. The number of hydrogen-bond donors (Lipinski definition) is 2. The molecule has 0 saturated heterocycles. The Bertz CT molecular complexity index is 849. The molecule has 126 valence electrons. The van der Waals surface area contributed by atoms with E-state index in [-0.39, 0.29) is 30.8 Å². The van der Waals surface area contributed by atoms with Gasteiger partial charge in [-0.15, -0.1) is 35.0 Å². The van der Waals surface area contributed by atoms with Gasteiger partial charge in [0, 0.05) is 16.3 Å². The van der Waals surface area contributed by atoms with Crippen molar-refractivity contribution in [3.05, 3.63) is 48.5 Å². The van der Waals surface area contributed by atoms with Crippen LogP contribution in [0, 0.1) is 0 Å². The third kappa shape index (κ3) is 3.84. The van der Waals surface area contributed by atoms with Gasteiger partial charge < -0.3 is 16.2 Å². The Hall–Kier alpha value is -2.57. The molecular formula is C16H17Cl2N5O. The maximum absolute atomic E-state index is 5.44. The van der Waals surface area contributed by atoms with Crippen molar-refractivity contribution in [3.8, 4) is 17.0 Å². The summed E-state index contributed by atoms with van der Waals surface area (Å²) in [6, 6.07) is 15.4. The molecule has 1 aromatic heterocycles. The zero-order valence-corrected chi connectivity index (χ0v) is 14.5. The van der Waals surface area contributed by atoms with Crippen LogP contribution in [-0.2, 0) is 0 Å². The van der Waals surface area contributed by atoms with Crippen LogP contribution in [0.25, 0.3) is 22.0 Å². The second-order valence-electron chi connectivity index (χ2n) is 4.68. The van der Waals surface area contributed by atoms with Gasteiger partial charge in [0.15, 0.2) is 11.8 Å². The van der Waals surface area contributed by atoms with Gasteiger partial charge >= 0.3 is 0 Å². The summed E-state index contributed by atoms with van der Waals surface area (Å²) < 4.78 is 5.17. The third-order valence-electron chi connectivity index (χ3n) is 3.27. The highest BCUT2D eigenvalue weighted by molar-refractivity contribution is 6.00. The van der Waals surface area contributed by atoms with E-state index in [1.807, 2.05) is 48.5 Å². The average Bonchev–Trinajstić information content (AvgIpc) is 2.55. The van der Waals surface area contributed by atoms with Crippen molar-refractivity contribution in [2.45, 2.75) is 0 Å². The number of aromatic nitrogens is 2. The van der Waals surface area contributed by atoms with Crippen LogP contribution in [0.5, 0.6) is 5.75 Å². The molecule has 0 aliphatic carbocycles. The van der Waals surface area contributed by atoms with Crippen molar-refractivity contribution in [1.29, 1.82) is 0 Å². The van der Waals surface area contributed by atoms with E-state index in [9.17, 15) is 0 Å². The van der Waals surface area contributed by atoms with Crippen molar-refractivity contribution in [2.75, 3.05) is 7.11 Å². The summed E-state index contributed by atoms with van der Waals surface area (Å²) in [7, 11) is 1.63. The summed E-state index contributed by atoms with van der Waals surface area (Å²) in [6.45, 7) is 0. The van der Waals surface area contributed by atoms with Crippen LogP contribution in [0.3, 0.4) is 0 Å². The van der Waals surface area contributed by atoms with Crippen molar-refractivity contribution in [2.24, 2.45) is 16.5 Å². The fraction of sp³-hybridized carbons (Fsp3) is 0.0625. The zero-order chi connectivity index (χ0) is 15.5. The molecule has 24 heavy (non-hydrogen) atoms. The first-order valence-electron chi connectivity index (χ1n) is 6.68. The SMILES string of the molecule is COc1ccc(-c2nnc(N=C(N)N)c3ccccc23)cc1.Cl.Cl. The fourth-order valence-corrected chi connectivity index (χ4v) is 2.26. The quantitative estimate of drug-likeness (QED) is 0.548. The van der Waals surface area contributed by atoms with E-state index in [4.69, 9.17) is 16.2 Å². The van der Waals surface area contributed by atoms with E-state index in [1.165, 1.54) is 0 Å². The number of benzene rings is 2. The van der Waals surface area contributed by atoms with Gasteiger partial charge in [0.1, 0.15) is 11.4 Å². The lowest BCUT2D eigenvalue weighted by molar-refractivity contribution is 0.415. The van der Waals surface area contributed by atoms with E-state index in [2.05, 4.69) is 15.2 Å². The lowest BCUT2D eigenvalue weighted by atomic mass is 10.0. The predicted octanol–water partition coefficient (Wildman–Crippen LogP) is 3.05. The minimum absolute atomic E-state index is 0. The van der Waals surface area contributed by atoms with Gasteiger partial charge in [-0.3, -0.25) is 0 Å². The summed E-state index contributed by atoms with van der Waals surface area (Å²) in [6.07, 6.45) is 0. The van der Waals surface area contributed by atoms with E-state index >= 15 is 0 Å². The molecule has 0 aliphatic rings. The van der Waals surface area contributed by atoms with Crippen LogP contribution in [0.15, 0.2) is 53.5 Å². The number of rotatable bonds is 3. The second kappa shape index (κ2) is 8.33. The van der Waals surface area contributed by atoms with Crippen LogP contribution in [0.1, 0.15) is 0 Å². The summed E-state index contributed by atoms with van der Waals surface area (Å²) in [5.74, 6) is 1.16. The van der Waals surface area contributed by atoms with E-state index < -0.39 is 0 Å². The first-order valence-corrected chi connectivity index (χ1v) is 6.68. The summed E-state index contributed by atoms with van der Waals surface area (Å²) >= 11 is 0. The topological polar surface area (TPSA) is 99.4 Å². The Morgan fingerprint density at radius 3 is 2.12 bits per heavy atom. The molecule has 3 rings (SSSR count). The number of nitrogens with two attached hydrogens (primary N) is 2. The number of nitrogens with zero attached hydrogens (tertiary/aromatic N) is 3. The van der Waals surface area contributed by atoms with Gasteiger partial charge in [-0.25, -0.2) is 0 Å². The normalized spacial score (nSPS) is 9.54. The van der Waals surface area contributed by atoms with Crippen LogP contribution >= 0.6 is 24.8 Å². The van der Waals surface area contributed by atoms with Crippen LogP contribution in [-0.4, -0.2) is 23.3 Å². The number of halogens is 2. The zero-order valence-electron chi connectivity index (χ0n) is 12.8. The fourth-order valence-electron chi connectivity index (χ4n) is 2.26. The Labute approximate surface area is 151 Å². The van der Waals surface area contributed by atoms with Crippen molar-refractivity contribution >= 4 is 47.4 Å². The molecule has 0 radical (unpaired) electrons. The minimum Gasteiger partial charge on any atom is -0.497 e. The standard InChI is InChI=1S/C16H15N5O.2ClH/c1-22-11-8-6-10(7-9-11)14-12-4-2-3-5-13(12)15(21-20-14)19-16(17)18;;/h2-9H,1H3,(H4,17,18,19,21);2*1H. The lowest BCUT2D eigenvalue weighted by Gasteiger charge is -2.08. The second-order valence-corrected chi connectivity index (χ2v) is 4.68. The number of guanidine groups is 1. The number of hydrogen-bond acceptors (Lipinski definition) is 4. The molecule has 0 fully saturated rings. The van der Waals surface area contributed by atoms with Gasteiger partial charge in [0.2, 0.25) is 0 Å². The van der Waals surface area contributed by atoms with Gasteiger partial charge in [-0.05, 0) is 24.3 Å². The van der Waals surface area contributed by atoms with Crippen molar-refractivity contribution in [3.63, 3.8) is 0 Å². The highest BCUT2D eigenvalue weighted by Crippen LogP contribution is 2.31. The highest BCUT2D eigenvalue weighted by Gasteiger charge is 2.10. The molecule has 0 spiro atoms. The Morgan fingerprint density at radius 2 is 1.54 bits per heavy atom. The van der Waals surface area contributed by atoms with Gasteiger partial charge in [-0.1, -0.05) is 24.3 Å². The average molecular weight is 366 g/mol.